The van der Waals surface area contributed by atoms with Crippen LogP contribution in [0.5, 0.6) is 11.5 Å². The molecular formula is C12H12N4O. The Hall–Kier alpha value is -2.35. The Bertz CT molecular complexity index is 541. The smallest absolute Gasteiger partial charge is 0.165 e. The van der Waals surface area contributed by atoms with Gasteiger partial charge in [-0.15, -0.1) is 0 Å². The van der Waals surface area contributed by atoms with Crippen LogP contribution < -0.4 is 4.74 Å². The number of hydrogen-bond acceptors (Lipinski definition) is 4. The summed E-state index contributed by atoms with van der Waals surface area (Å²) in [5.74, 6) is 1.06. The number of rotatable bonds is 4. The lowest BCUT2D eigenvalue weighted by Gasteiger charge is -2.03. The van der Waals surface area contributed by atoms with Crippen LogP contribution in [-0.2, 0) is 6.54 Å². The second-order valence-electron chi connectivity index (χ2n) is 3.52. The molecule has 5 heteroatoms. The van der Waals surface area contributed by atoms with Gasteiger partial charge >= 0.3 is 0 Å². The minimum Gasteiger partial charge on any atom is -0.451 e. The van der Waals surface area contributed by atoms with E-state index in [-0.39, 0.29) is 0 Å². The van der Waals surface area contributed by atoms with Gasteiger partial charge in [0.15, 0.2) is 11.5 Å². The number of aryl methyl sites for hydroxylation is 1. The standard InChI is InChI=1S/C12H12N4O/c1-2-5-16-9-11(7-15-16)17-12-8-14-4-3-10(12)6-13/h3-4,7-9H,2,5H2,1H3. The number of nitriles is 1. The Labute approximate surface area is 99.3 Å². The highest BCUT2D eigenvalue weighted by Gasteiger charge is 2.05. The normalized spacial score (nSPS) is 9.88. The number of nitrogens with zero attached hydrogens (tertiary/aromatic N) is 4. The Morgan fingerprint density at radius 2 is 2.35 bits per heavy atom. The molecule has 0 fully saturated rings. The molecule has 0 aromatic carbocycles. The van der Waals surface area contributed by atoms with Crippen molar-refractivity contribution in [2.75, 3.05) is 0 Å². The highest BCUT2D eigenvalue weighted by molar-refractivity contribution is 5.42. The van der Waals surface area contributed by atoms with Gasteiger partial charge in [-0.1, -0.05) is 6.92 Å². The van der Waals surface area contributed by atoms with E-state index >= 15 is 0 Å². The highest BCUT2D eigenvalue weighted by Crippen LogP contribution is 2.23. The lowest BCUT2D eigenvalue weighted by Crippen LogP contribution is -1.95. The first-order valence-electron chi connectivity index (χ1n) is 5.38. The van der Waals surface area contributed by atoms with Gasteiger partial charge in [-0.3, -0.25) is 9.67 Å². The zero-order valence-electron chi connectivity index (χ0n) is 9.50. The molecule has 0 spiro atoms. The van der Waals surface area contributed by atoms with Crippen LogP contribution in [0.3, 0.4) is 0 Å². The largest absolute Gasteiger partial charge is 0.451 e. The van der Waals surface area contributed by atoms with E-state index in [1.54, 1.807) is 29.3 Å². The number of ether oxygens (including phenoxy) is 1. The summed E-state index contributed by atoms with van der Waals surface area (Å²) in [5.41, 5.74) is 0.461. The second kappa shape index (κ2) is 5.12. The first-order chi connectivity index (χ1) is 8.33. The third-order valence-electron chi connectivity index (χ3n) is 2.20. The molecule has 0 unspecified atom stereocenters. The van der Waals surface area contributed by atoms with Gasteiger partial charge in [0, 0.05) is 12.7 Å². The molecule has 0 N–H and O–H groups in total. The van der Waals surface area contributed by atoms with E-state index < -0.39 is 0 Å². The zero-order chi connectivity index (χ0) is 12.1. The summed E-state index contributed by atoms with van der Waals surface area (Å²) in [7, 11) is 0. The van der Waals surface area contributed by atoms with E-state index in [2.05, 4.69) is 23.1 Å². The van der Waals surface area contributed by atoms with Crippen molar-refractivity contribution in [3.63, 3.8) is 0 Å². The molecule has 0 aliphatic carbocycles. The predicted octanol–water partition coefficient (Wildman–Crippen LogP) is 2.35. The minimum absolute atomic E-state index is 0.450. The van der Waals surface area contributed by atoms with Crippen LogP contribution in [0.15, 0.2) is 30.9 Å². The lowest BCUT2D eigenvalue weighted by atomic mass is 10.3. The molecule has 0 bridgehead atoms. The topological polar surface area (TPSA) is 63.7 Å². The van der Waals surface area contributed by atoms with E-state index in [0.717, 1.165) is 13.0 Å². The highest BCUT2D eigenvalue weighted by atomic mass is 16.5. The van der Waals surface area contributed by atoms with Crippen molar-refractivity contribution in [3.05, 3.63) is 36.4 Å². The molecule has 86 valence electrons. The summed E-state index contributed by atoms with van der Waals surface area (Å²) in [6, 6.07) is 3.67. The summed E-state index contributed by atoms with van der Waals surface area (Å²) in [6.07, 6.45) is 7.53. The molecule has 17 heavy (non-hydrogen) atoms. The second-order valence-corrected chi connectivity index (χ2v) is 3.52. The van der Waals surface area contributed by atoms with Gasteiger partial charge < -0.3 is 4.74 Å². The van der Waals surface area contributed by atoms with Crippen LogP contribution in [-0.4, -0.2) is 14.8 Å². The van der Waals surface area contributed by atoms with Gasteiger partial charge in [0.2, 0.25) is 0 Å². The van der Waals surface area contributed by atoms with Crippen LogP contribution in [0.2, 0.25) is 0 Å². The van der Waals surface area contributed by atoms with Crippen molar-refractivity contribution in [2.24, 2.45) is 0 Å². The lowest BCUT2D eigenvalue weighted by molar-refractivity contribution is 0.476. The summed E-state index contributed by atoms with van der Waals surface area (Å²) in [5, 5.41) is 13.1. The third kappa shape index (κ3) is 2.61. The first kappa shape index (κ1) is 11.1. The first-order valence-corrected chi connectivity index (χ1v) is 5.38. The van der Waals surface area contributed by atoms with E-state index in [9.17, 15) is 0 Å². The van der Waals surface area contributed by atoms with Gasteiger partial charge in [0.25, 0.3) is 0 Å². The van der Waals surface area contributed by atoms with E-state index in [0.29, 0.717) is 17.1 Å². The average molecular weight is 228 g/mol. The number of pyridine rings is 1. The van der Waals surface area contributed by atoms with Crippen LogP contribution in [0, 0.1) is 11.3 Å². The average Bonchev–Trinajstić information content (AvgIpc) is 2.78. The fourth-order valence-corrected chi connectivity index (χ4v) is 1.43. The number of aromatic nitrogens is 3. The maximum atomic E-state index is 8.91. The van der Waals surface area contributed by atoms with E-state index in [4.69, 9.17) is 10.00 Å². The summed E-state index contributed by atoms with van der Waals surface area (Å²) in [4.78, 5) is 3.93. The Balaban J connectivity index is 2.17. The van der Waals surface area contributed by atoms with Crippen molar-refractivity contribution in [1.29, 1.82) is 5.26 Å². The molecule has 0 radical (unpaired) electrons. The molecule has 2 aromatic rings. The molecular weight excluding hydrogens is 216 g/mol. The molecule has 2 aromatic heterocycles. The quantitative estimate of drug-likeness (QED) is 0.805. The molecule has 0 aliphatic heterocycles. The summed E-state index contributed by atoms with van der Waals surface area (Å²) in [6.45, 7) is 2.93. The van der Waals surface area contributed by atoms with Crippen LogP contribution in [0.25, 0.3) is 0 Å². The van der Waals surface area contributed by atoms with Gasteiger partial charge in [-0.25, -0.2) is 0 Å². The maximum Gasteiger partial charge on any atom is 0.165 e. The van der Waals surface area contributed by atoms with Gasteiger partial charge in [0.05, 0.1) is 24.2 Å². The van der Waals surface area contributed by atoms with Gasteiger partial charge in [-0.05, 0) is 12.5 Å². The van der Waals surface area contributed by atoms with Crippen molar-refractivity contribution in [1.82, 2.24) is 14.8 Å². The third-order valence-corrected chi connectivity index (χ3v) is 2.20. The summed E-state index contributed by atoms with van der Waals surface area (Å²) < 4.78 is 7.36. The Morgan fingerprint density at radius 1 is 1.47 bits per heavy atom. The molecule has 2 rings (SSSR count). The number of hydrogen-bond donors (Lipinski definition) is 0. The molecule has 0 saturated carbocycles. The fourth-order valence-electron chi connectivity index (χ4n) is 1.43. The van der Waals surface area contributed by atoms with Gasteiger partial charge in [0.1, 0.15) is 6.07 Å². The fraction of sp³-hybridized carbons (Fsp3) is 0.250. The van der Waals surface area contributed by atoms with E-state index in [1.807, 2.05) is 0 Å². The maximum absolute atomic E-state index is 8.91. The predicted molar refractivity (Wildman–Crippen MR) is 61.5 cm³/mol. The zero-order valence-corrected chi connectivity index (χ0v) is 9.50. The minimum atomic E-state index is 0.450. The van der Waals surface area contributed by atoms with Crippen LogP contribution in [0.4, 0.5) is 0 Å². The molecule has 5 nitrogen and oxygen atoms in total. The molecule has 0 atom stereocenters. The van der Waals surface area contributed by atoms with Crippen molar-refractivity contribution < 1.29 is 4.74 Å². The molecule has 2 heterocycles. The van der Waals surface area contributed by atoms with E-state index in [1.165, 1.54) is 6.20 Å². The van der Waals surface area contributed by atoms with Crippen LogP contribution in [0.1, 0.15) is 18.9 Å². The molecule has 0 saturated heterocycles. The Kier molecular flexibility index (Phi) is 3.36. The van der Waals surface area contributed by atoms with Crippen molar-refractivity contribution >= 4 is 0 Å². The molecule has 0 aliphatic rings. The summed E-state index contributed by atoms with van der Waals surface area (Å²) >= 11 is 0. The van der Waals surface area contributed by atoms with Crippen molar-refractivity contribution in [2.45, 2.75) is 19.9 Å². The van der Waals surface area contributed by atoms with Gasteiger partial charge in [-0.2, -0.15) is 10.4 Å². The Morgan fingerprint density at radius 3 is 3.12 bits per heavy atom. The monoisotopic (exact) mass is 228 g/mol. The van der Waals surface area contributed by atoms with Crippen molar-refractivity contribution in [3.8, 4) is 17.6 Å². The van der Waals surface area contributed by atoms with Crippen LogP contribution >= 0.6 is 0 Å². The SMILES string of the molecule is CCCn1cc(Oc2cnccc2C#N)cn1. The molecule has 0 amide bonds.